The van der Waals surface area contributed by atoms with Gasteiger partial charge in [0.2, 0.25) is 5.88 Å². The van der Waals surface area contributed by atoms with Gasteiger partial charge in [0.25, 0.3) is 5.91 Å². The summed E-state index contributed by atoms with van der Waals surface area (Å²) >= 11 is 0. The van der Waals surface area contributed by atoms with Gasteiger partial charge in [0.05, 0.1) is 6.04 Å². The van der Waals surface area contributed by atoms with Crippen LogP contribution in [0.4, 0.5) is 0 Å². The van der Waals surface area contributed by atoms with Crippen molar-refractivity contribution >= 4 is 11.6 Å². The molecule has 8 nitrogen and oxygen atoms in total. The lowest BCUT2D eigenvalue weighted by molar-refractivity contribution is -0.134. The van der Waals surface area contributed by atoms with Gasteiger partial charge in [-0.1, -0.05) is 12.1 Å². The molecule has 0 spiro atoms. The molecule has 3 aromatic heterocycles. The van der Waals surface area contributed by atoms with Crippen LogP contribution in [-0.2, 0) is 4.79 Å². The Morgan fingerprint density at radius 3 is 2.68 bits per heavy atom. The summed E-state index contributed by atoms with van der Waals surface area (Å²) in [6, 6.07) is 18.3. The van der Waals surface area contributed by atoms with E-state index in [-0.39, 0.29) is 18.6 Å². The third-order valence-electron chi connectivity index (χ3n) is 5.26. The minimum atomic E-state index is -0.0948. The highest BCUT2D eigenvalue weighted by molar-refractivity contribution is 5.78. The molecule has 8 heteroatoms. The first-order valence-corrected chi connectivity index (χ1v) is 10.2. The summed E-state index contributed by atoms with van der Waals surface area (Å²) in [4.78, 5) is 18.8. The monoisotopic (exact) mass is 415 g/mol. The Balaban J connectivity index is 1.22. The van der Waals surface area contributed by atoms with Gasteiger partial charge in [0.1, 0.15) is 11.5 Å². The molecule has 0 bridgehead atoms. The van der Waals surface area contributed by atoms with Crippen molar-refractivity contribution in [3.8, 4) is 17.4 Å². The van der Waals surface area contributed by atoms with Crippen molar-refractivity contribution in [2.75, 3.05) is 13.2 Å². The Bertz CT molecular complexity index is 1180. The highest BCUT2D eigenvalue weighted by Crippen LogP contribution is 2.31. The fraction of sp³-hybridized carbons (Fsp3) is 0.217. The smallest absolute Gasteiger partial charge is 0.261 e. The molecular weight excluding hydrogens is 394 g/mol. The van der Waals surface area contributed by atoms with Gasteiger partial charge in [-0.15, -0.1) is 10.2 Å². The normalized spacial score (nSPS) is 15.9. The van der Waals surface area contributed by atoms with Gasteiger partial charge >= 0.3 is 0 Å². The standard InChI is InChI=1S/C23H21N5O3/c29-22(16-30-17-9-11-18(12-10-17)31-21-8-1-3-13-24-21)27-15-5-6-19(27)23-26-25-20-7-2-4-14-28(20)23/h1-4,7-14,19H,5-6,15-16H2. The van der Waals surface area contributed by atoms with Gasteiger partial charge in [0, 0.05) is 25.0 Å². The van der Waals surface area contributed by atoms with E-state index in [1.165, 1.54) is 0 Å². The van der Waals surface area contributed by atoms with Crippen LogP contribution in [0.5, 0.6) is 17.4 Å². The van der Waals surface area contributed by atoms with Crippen LogP contribution >= 0.6 is 0 Å². The van der Waals surface area contributed by atoms with Crippen molar-refractivity contribution in [1.82, 2.24) is 24.5 Å². The van der Waals surface area contributed by atoms with E-state index in [9.17, 15) is 4.79 Å². The molecule has 1 saturated heterocycles. The summed E-state index contributed by atoms with van der Waals surface area (Å²) in [5, 5.41) is 8.55. The molecule has 0 aliphatic carbocycles. The number of benzene rings is 1. The molecule has 4 aromatic rings. The summed E-state index contributed by atoms with van der Waals surface area (Å²) in [7, 11) is 0. The Labute approximate surface area is 179 Å². The number of amides is 1. The summed E-state index contributed by atoms with van der Waals surface area (Å²) < 4.78 is 13.3. The molecule has 0 saturated carbocycles. The van der Waals surface area contributed by atoms with Crippen LogP contribution in [0, 0.1) is 0 Å². The minimum absolute atomic E-state index is 0.0340. The average Bonchev–Trinajstić information content (AvgIpc) is 3.46. The summed E-state index contributed by atoms with van der Waals surface area (Å²) in [6.45, 7) is 0.652. The van der Waals surface area contributed by atoms with Crippen molar-refractivity contribution in [1.29, 1.82) is 0 Å². The minimum Gasteiger partial charge on any atom is -0.484 e. The van der Waals surface area contributed by atoms with Crippen LogP contribution in [-0.4, -0.2) is 43.5 Å². The van der Waals surface area contributed by atoms with E-state index < -0.39 is 0 Å². The topological polar surface area (TPSA) is 81.9 Å². The predicted molar refractivity (Wildman–Crippen MR) is 113 cm³/mol. The molecule has 5 rings (SSSR count). The van der Waals surface area contributed by atoms with Gasteiger partial charge in [-0.3, -0.25) is 9.20 Å². The highest BCUT2D eigenvalue weighted by Gasteiger charge is 2.33. The molecule has 156 valence electrons. The number of aromatic nitrogens is 4. The number of hydrogen-bond acceptors (Lipinski definition) is 6. The lowest BCUT2D eigenvalue weighted by Gasteiger charge is -2.23. The van der Waals surface area contributed by atoms with Gasteiger partial charge in [-0.2, -0.15) is 0 Å². The molecule has 1 unspecified atom stereocenters. The second-order valence-electron chi connectivity index (χ2n) is 7.26. The van der Waals surface area contributed by atoms with E-state index in [0.717, 1.165) is 24.3 Å². The van der Waals surface area contributed by atoms with Crippen molar-refractivity contribution in [2.24, 2.45) is 0 Å². The Kier molecular flexibility index (Phi) is 5.18. The number of nitrogens with zero attached hydrogens (tertiary/aromatic N) is 5. The predicted octanol–water partition coefficient (Wildman–Crippen LogP) is 3.66. The number of likely N-dealkylation sites (tertiary alicyclic amines) is 1. The Morgan fingerprint density at radius 1 is 1.00 bits per heavy atom. The second-order valence-corrected chi connectivity index (χ2v) is 7.26. The van der Waals surface area contributed by atoms with Crippen LogP contribution in [0.15, 0.2) is 73.1 Å². The zero-order chi connectivity index (χ0) is 21.0. The number of pyridine rings is 2. The number of hydrogen-bond donors (Lipinski definition) is 0. The van der Waals surface area contributed by atoms with Crippen LogP contribution in [0.1, 0.15) is 24.7 Å². The molecule has 0 radical (unpaired) electrons. The molecule has 1 fully saturated rings. The van der Waals surface area contributed by atoms with Gasteiger partial charge in [-0.05, 0) is 55.3 Å². The van der Waals surface area contributed by atoms with E-state index in [4.69, 9.17) is 9.47 Å². The Morgan fingerprint density at radius 2 is 1.84 bits per heavy atom. The van der Waals surface area contributed by atoms with Gasteiger partial charge in [-0.25, -0.2) is 4.98 Å². The van der Waals surface area contributed by atoms with Crippen molar-refractivity contribution < 1.29 is 14.3 Å². The fourth-order valence-corrected chi connectivity index (χ4v) is 3.78. The molecule has 4 heterocycles. The Hall–Kier alpha value is -3.94. The largest absolute Gasteiger partial charge is 0.484 e. The maximum atomic E-state index is 12.9. The van der Waals surface area contributed by atoms with Crippen molar-refractivity contribution in [2.45, 2.75) is 18.9 Å². The van der Waals surface area contributed by atoms with Crippen molar-refractivity contribution in [3.05, 3.63) is 78.9 Å². The maximum Gasteiger partial charge on any atom is 0.261 e. The molecule has 1 aliphatic rings. The van der Waals surface area contributed by atoms with E-state index in [2.05, 4.69) is 15.2 Å². The lowest BCUT2D eigenvalue weighted by Crippen LogP contribution is -2.35. The second kappa shape index (κ2) is 8.43. The van der Waals surface area contributed by atoms with Crippen LogP contribution in [0.2, 0.25) is 0 Å². The third kappa shape index (κ3) is 4.05. The zero-order valence-corrected chi connectivity index (χ0v) is 16.8. The van der Waals surface area contributed by atoms with E-state index >= 15 is 0 Å². The molecular formula is C23H21N5O3. The third-order valence-corrected chi connectivity index (χ3v) is 5.26. The summed E-state index contributed by atoms with van der Waals surface area (Å²) in [5.74, 6) is 2.50. The molecule has 1 amide bonds. The maximum absolute atomic E-state index is 12.9. The van der Waals surface area contributed by atoms with Crippen LogP contribution in [0.3, 0.4) is 0 Å². The van der Waals surface area contributed by atoms with E-state index in [1.807, 2.05) is 45.8 Å². The molecule has 0 N–H and O–H groups in total. The molecule has 1 aromatic carbocycles. The van der Waals surface area contributed by atoms with E-state index in [1.54, 1.807) is 36.5 Å². The van der Waals surface area contributed by atoms with Gasteiger partial charge in [0.15, 0.2) is 18.1 Å². The number of carbonyl (C=O) groups excluding carboxylic acids is 1. The number of ether oxygens (including phenoxy) is 2. The molecule has 1 aliphatic heterocycles. The lowest BCUT2D eigenvalue weighted by atomic mass is 10.2. The fourth-order valence-electron chi connectivity index (χ4n) is 3.78. The first kappa shape index (κ1) is 19.0. The highest BCUT2D eigenvalue weighted by atomic mass is 16.5. The summed E-state index contributed by atoms with van der Waals surface area (Å²) in [6.07, 6.45) is 5.39. The van der Waals surface area contributed by atoms with Crippen molar-refractivity contribution in [3.63, 3.8) is 0 Å². The number of rotatable bonds is 6. The zero-order valence-electron chi connectivity index (χ0n) is 16.8. The summed E-state index contributed by atoms with van der Waals surface area (Å²) in [5.41, 5.74) is 0.779. The van der Waals surface area contributed by atoms with E-state index in [0.29, 0.717) is 23.9 Å². The molecule has 31 heavy (non-hydrogen) atoms. The number of carbonyl (C=O) groups is 1. The van der Waals surface area contributed by atoms with Crippen LogP contribution < -0.4 is 9.47 Å². The van der Waals surface area contributed by atoms with Gasteiger partial charge < -0.3 is 14.4 Å². The SMILES string of the molecule is O=C(COc1ccc(Oc2ccccn2)cc1)N1CCCC1c1nnc2ccccn12. The number of fused-ring (bicyclic) bond motifs is 1. The van der Waals surface area contributed by atoms with Crippen LogP contribution in [0.25, 0.3) is 5.65 Å². The average molecular weight is 415 g/mol. The quantitative estimate of drug-likeness (QED) is 0.478. The molecule has 1 atom stereocenters. The first-order chi connectivity index (χ1) is 15.3. The first-order valence-electron chi connectivity index (χ1n) is 10.2.